The molecule has 1 aliphatic rings. The molecule has 17 heavy (non-hydrogen) atoms. The summed E-state index contributed by atoms with van der Waals surface area (Å²) in [6.45, 7) is 8.49. The van der Waals surface area contributed by atoms with E-state index >= 15 is 0 Å². The van der Waals surface area contributed by atoms with Crippen LogP contribution in [-0.4, -0.2) is 12.6 Å². The molecule has 2 rings (SSSR count). The summed E-state index contributed by atoms with van der Waals surface area (Å²) < 4.78 is 5.18. The molecule has 0 saturated carbocycles. The summed E-state index contributed by atoms with van der Waals surface area (Å²) in [5.74, 6) is -0.186. The molecule has 0 N–H and O–H groups in total. The van der Waals surface area contributed by atoms with Crippen LogP contribution < -0.4 is 0 Å². The molecule has 1 aliphatic carbocycles. The lowest BCUT2D eigenvalue weighted by atomic mass is 9.88. The maximum Gasteiger partial charge on any atom is 0.302 e. The Labute approximate surface area is 103 Å². The lowest BCUT2D eigenvalue weighted by molar-refractivity contribution is -0.144. The van der Waals surface area contributed by atoms with Crippen LogP contribution >= 0.6 is 0 Å². The van der Waals surface area contributed by atoms with Gasteiger partial charge in [0.15, 0.2) is 0 Å². The Morgan fingerprint density at radius 3 is 2.12 bits per heavy atom. The van der Waals surface area contributed by atoms with Gasteiger partial charge < -0.3 is 4.74 Å². The van der Waals surface area contributed by atoms with Gasteiger partial charge in [0.25, 0.3) is 0 Å². The molecule has 0 aromatic heterocycles. The van der Waals surface area contributed by atoms with Gasteiger partial charge in [-0.25, -0.2) is 0 Å². The van der Waals surface area contributed by atoms with Gasteiger partial charge in [0.05, 0.1) is 6.61 Å². The molecule has 1 aromatic carbocycles. The molecular weight excluding hydrogens is 212 g/mol. The molecule has 0 saturated heterocycles. The predicted molar refractivity (Wildman–Crippen MR) is 68.1 cm³/mol. The van der Waals surface area contributed by atoms with Crippen LogP contribution in [0, 0.1) is 19.3 Å². The number of carbonyl (C=O) groups excluding carboxylic acids is 1. The summed E-state index contributed by atoms with van der Waals surface area (Å²) in [6.07, 6.45) is 2.02. The van der Waals surface area contributed by atoms with Crippen LogP contribution in [-0.2, 0) is 22.4 Å². The number of fused-ring (bicyclic) bond motifs is 1. The third-order valence-corrected chi connectivity index (χ3v) is 3.67. The zero-order valence-electron chi connectivity index (χ0n) is 11.1. The monoisotopic (exact) mass is 232 g/mol. The fraction of sp³-hybridized carbons (Fsp3) is 0.533. The van der Waals surface area contributed by atoms with Gasteiger partial charge in [-0.15, -0.1) is 0 Å². The summed E-state index contributed by atoms with van der Waals surface area (Å²) in [5.41, 5.74) is 5.61. The van der Waals surface area contributed by atoms with Crippen LogP contribution in [0.3, 0.4) is 0 Å². The van der Waals surface area contributed by atoms with Crippen LogP contribution in [0.15, 0.2) is 12.1 Å². The third kappa shape index (κ3) is 2.51. The van der Waals surface area contributed by atoms with E-state index in [0.717, 1.165) is 12.8 Å². The zero-order valence-corrected chi connectivity index (χ0v) is 11.1. The first kappa shape index (κ1) is 12.2. The number of esters is 1. The van der Waals surface area contributed by atoms with Gasteiger partial charge >= 0.3 is 5.97 Å². The van der Waals surface area contributed by atoms with Crippen molar-refractivity contribution in [2.45, 2.75) is 40.5 Å². The van der Waals surface area contributed by atoms with Gasteiger partial charge in [0.1, 0.15) is 0 Å². The van der Waals surface area contributed by atoms with E-state index in [9.17, 15) is 4.79 Å². The van der Waals surface area contributed by atoms with Gasteiger partial charge in [0, 0.05) is 12.3 Å². The Morgan fingerprint density at radius 1 is 1.24 bits per heavy atom. The molecule has 0 amide bonds. The summed E-state index contributed by atoms with van der Waals surface area (Å²) in [4.78, 5) is 10.9. The number of rotatable bonds is 2. The molecule has 92 valence electrons. The van der Waals surface area contributed by atoms with Crippen molar-refractivity contribution in [1.29, 1.82) is 0 Å². The first-order valence-electron chi connectivity index (χ1n) is 6.12. The minimum Gasteiger partial charge on any atom is -0.465 e. The van der Waals surface area contributed by atoms with E-state index < -0.39 is 0 Å². The Morgan fingerprint density at radius 2 is 1.71 bits per heavy atom. The summed E-state index contributed by atoms with van der Waals surface area (Å²) in [6, 6.07) is 4.56. The van der Waals surface area contributed by atoms with Crippen LogP contribution in [0.5, 0.6) is 0 Å². The van der Waals surface area contributed by atoms with Crippen molar-refractivity contribution in [3.8, 4) is 0 Å². The Bertz CT molecular complexity index is 429. The first-order valence-corrected chi connectivity index (χ1v) is 6.12. The highest BCUT2D eigenvalue weighted by molar-refractivity contribution is 5.66. The van der Waals surface area contributed by atoms with Crippen LogP contribution in [0.4, 0.5) is 0 Å². The summed E-state index contributed by atoms with van der Waals surface area (Å²) in [7, 11) is 0. The molecule has 1 aromatic rings. The second-order valence-electron chi connectivity index (χ2n) is 5.65. The zero-order chi connectivity index (χ0) is 12.6. The minimum absolute atomic E-state index is 0.0776. The Kier molecular flexibility index (Phi) is 2.98. The van der Waals surface area contributed by atoms with E-state index in [0.29, 0.717) is 6.61 Å². The summed E-state index contributed by atoms with van der Waals surface area (Å²) in [5, 5.41) is 0. The SMILES string of the molecule is CC(=O)OCC1(C)Cc2cc(C)c(C)cc2C1. The van der Waals surface area contributed by atoms with Crippen molar-refractivity contribution >= 4 is 5.97 Å². The lowest BCUT2D eigenvalue weighted by Gasteiger charge is -2.22. The van der Waals surface area contributed by atoms with Crippen LogP contribution in [0.2, 0.25) is 0 Å². The third-order valence-electron chi connectivity index (χ3n) is 3.67. The normalized spacial score (nSPS) is 16.7. The molecule has 0 fully saturated rings. The van der Waals surface area contributed by atoms with Crippen molar-refractivity contribution in [2.24, 2.45) is 5.41 Å². The molecule has 0 heterocycles. The van der Waals surface area contributed by atoms with E-state index in [2.05, 4.69) is 32.9 Å². The average molecular weight is 232 g/mol. The van der Waals surface area contributed by atoms with E-state index in [4.69, 9.17) is 4.74 Å². The van der Waals surface area contributed by atoms with Gasteiger partial charge in [0.2, 0.25) is 0 Å². The number of carbonyl (C=O) groups is 1. The Hall–Kier alpha value is -1.31. The minimum atomic E-state index is -0.186. The second kappa shape index (κ2) is 4.17. The molecule has 0 unspecified atom stereocenters. The number of aryl methyl sites for hydroxylation is 2. The second-order valence-corrected chi connectivity index (χ2v) is 5.65. The molecule has 2 heteroatoms. The van der Waals surface area contributed by atoms with E-state index in [-0.39, 0.29) is 11.4 Å². The van der Waals surface area contributed by atoms with E-state index in [1.807, 2.05) is 0 Å². The number of ether oxygens (including phenoxy) is 1. The average Bonchev–Trinajstić information content (AvgIpc) is 2.53. The fourth-order valence-electron chi connectivity index (χ4n) is 2.62. The molecule has 0 radical (unpaired) electrons. The highest BCUT2D eigenvalue weighted by Crippen LogP contribution is 2.38. The van der Waals surface area contributed by atoms with Crippen molar-refractivity contribution in [2.75, 3.05) is 6.61 Å². The maximum absolute atomic E-state index is 10.9. The molecule has 0 atom stereocenters. The molecule has 2 nitrogen and oxygen atoms in total. The summed E-state index contributed by atoms with van der Waals surface area (Å²) >= 11 is 0. The number of benzene rings is 1. The van der Waals surface area contributed by atoms with Gasteiger partial charge in [-0.3, -0.25) is 4.79 Å². The molecular formula is C15H20O2. The standard InChI is InChI=1S/C15H20O2/c1-10-5-13-7-15(4,9-17-12(3)16)8-14(13)6-11(10)2/h5-6H,7-9H2,1-4H3. The largest absolute Gasteiger partial charge is 0.465 e. The van der Waals surface area contributed by atoms with Gasteiger partial charge in [-0.05, 0) is 48.9 Å². The fourth-order valence-corrected chi connectivity index (χ4v) is 2.62. The van der Waals surface area contributed by atoms with Crippen molar-refractivity contribution in [3.63, 3.8) is 0 Å². The van der Waals surface area contributed by atoms with Crippen molar-refractivity contribution in [3.05, 3.63) is 34.4 Å². The van der Waals surface area contributed by atoms with Crippen LogP contribution in [0.25, 0.3) is 0 Å². The molecule has 0 bridgehead atoms. The topological polar surface area (TPSA) is 26.3 Å². The van der Waals surface area contributed by atoms with Gasteiger partial charge in [-0.2, -0.15) is 0 Å². The number of hydrogen-bond acceptors (Lipinski definition) is 2. The van der Waals surface area contributed by atoms with Crippen LogP contribution in [0.1, 0.15) is 36.1 Å². The highest BCUT2D eigenvalue weighted by Gasteiger charge is 2.34. The molecule has 0 spiro atoms. The first-order chi connectivity index (χ1) is 7.89. The lowest BCUT2D eigenvalue weighted by Crippen LogP contribution is -2.25. The van der Waals surface area contributed by atoms with Gasteiger partial charge in [-0.1, -0.05) is 19.1 Å². The van der Waals surface area contributed by atoms with E-state index in [1.54, 1.807) is 0 Å². The predicted octanol–water partition coefficient (Wildman–Crippen LogP) is 2.97. The smallest absolute Gasteiger partial charge is 0.302 e. The van der Waals surface area contributed by atoms with Crippen molar-refractivity contribution < 1.29 is 9.53 Å². The number of hydrogen-bond donors (Lipinski definition) is 0. The highest BCUT2D eigenvalue weighted by atomic mass is 16.5. The maximum atomic E-state index is 10.9. The molecule has 0 aliphatic heterocycles. The Balaban J connectivity index is 2.17. The van der Waals surface area contributed by atoms with E-state index in [1.165, 1.54) is 29.2 Å². The van der Waals surface area contributed by atoms with Crippen molar-refractivity contribution in [1.82, 2.24) is 0 Å². The quantitative estimate of drug-likeness (QED) is 0.733.